The quantitative estimate of drug-likeness (QED) is 0.360. The molecular weight excluding hydrogens is 432 g/mol. The number of aryl methyl sites for hydroxylation is 1. The van der Waals surface area contributed by atoms with Gasteiger partial charge in [-0.1, -0.05) is 42.5 Å². The Hall–Kier alpha value is -4.64. The molecule has 2 amide bonds. The molecule has 2 N–H and O–H groups in total. The molecule has 0 radical (unpaired) electrons. The molecule has 0 saturated heterocycles. The highest BCUT2D eigenvalue weighted by Crippen LogP contribution is 2.18. The van der Waals surface area contributed by atoms with E-state index in [2.05, 4.69) is 21.9 Å². The van der Waals surface area contributed by atoms with Gasteiger partial charge in [-0.05, 0) is 42.8 Å². The van der Waals surface area contributed by atoms with Crippen molar-refractivity contribution >= 4 is 18.0 Å². The largest absolute Gasteiger partial charge is 0.488 e. The molecule has 0 heterocycles. The number of para-hydroxylation sites is 1. The van der Waals surface area contributed by atoms with E-state index in [0.29, 0.717) is 22.6 Å². The third-order valence-electron chi connectivity index (χ3n) is 4.64. The third-order valence-corrected chi connectivity index (χ3v) is 4.64. The van der Waals surface area contributed by atoms with E-state index in [0.717, 1.165) is 11.1 Å². The Bertz CT molecular complexity index is 1220. The smallest absolute Gasteiger partial charge is 0.259 e. The van der Waals surface area contributed by atoms with E-state index in [-0.39, 0.29) is 19.8 Å². The molecule has 0 aliphatic carbocycles. The van der Waals surface area contributed by atoms with E-state index in [4.69, 9.17) is 9.47 Å². The fourth-order valence-corrected chi connectivity index (χ4v) is 2.93. The molecule has 0 saturated carbocycles. The summed E-state index contributed by atoms with van der Waals surface area (Å²) >= 11 is 0. The van der Waals surface area contributed by atoms with E-state index < -0.39 is 11.8 Å². The van der Waals surface area contributed by atoms with Crippen molar-refractivity contribution in [1.29, 1.82) is 5.26 Å². The lowest BCUT2D eigenvalue weighted by Crippen LogP contribution is -2.37. The van der Waals surface area contributed by atoms with Crippen LogP contribution in [-0.2, 0) is 16.2 Å². The second kappa shape index (κ2) is 12.4. The van der Waals surface area contributed by atoms with Gasteiger partial charge in [0.05, 0.1) is 24.4 Å². The van der Waals surface area contributed by atoms with Crippen LogP contribution in [0.15, 0.2) is 77.9 Å². The zero-order valence-electron chi connectivity index (χ0n) is 18.7. The fraction of sp³-hybridized carbons (Fsp3) is 0.154. The highest BCUT2D eigenvalue weighted by Gasteiger charge is 2.07. The molecule has 34 heavy (non-hydrogen) atoms. The molecule has 0 atom stereocenters. The average molecular weight is 457 g/mol. The van der Waals surface area contributed by atoms with Crippen LogP contribution in [0, 0.1) is 18.3 Å². The summed E-state index contributed by atoms with van der Waals surface area (Å²) in [5.41, 5.74) is 5.35. The predicted octanol–water partition coefficient (Wildman–Crippen LogP) is 3.09. The van der Waals surface area contributed by atoms with Gasteiger partial charge in [-0.2, -0.15) is 10.4 Å². The standard InChI is InChI=1S/C26H24N4O4/c1-19-7-6-11-23(13-19)33-18-26(32)28-16-25(31)30-29-15-21-9-4-5-12-24(21)34-17-22-10-3-2-8-20(22)14-27/h2-13,15H,16-18H2,1H3,(H,28,32)(H,30,31)/b29-15+. The maximum atomic E-state index is 12.0. The number of hydrogen-bond acceptors (Lipinski definition) is 6. The van der Waals surface area contributed by atoms with Crippen molar-refractivity contribution in [2.75, 3.05) is 13.2 Å². The van der Waals surface area contributed by atoms with Crippen LogP contribution < -0.4 is 20.2 Å². The first-order valence-corrected chi connectivity index (χ1v) is 10.5. The molecule has 3 aromatic rings. The molecule has 8 nitrogen and oxygen atoms in total. The van der Waals surface area contributed by atoms with Crippen LogP contribution in [0.3, 0.4) is 0 Å². The Labute approximate surface area is 197 Å². The normalized spacial score (nSPS) is 10.4. The van der Waals surface area contributed by atoms with Crippen molar-refractivity contribution in [3.8, 4) is 17.6 Å². The van der Waals surface area contributed by atoms with Gasteiger partial charge < -0.3 is 14.8 Å². The first-order chi connectivity index (χ1) is 16.5. The van der Waals surface area contributed by atoms with Gasteiger partial charge in [-0.3, -0.25) is 9.59 Å². The molecule has 0 unspecified atom stereocenters. The minimum absolute atomic E-state index is 0.195. The van der Waals surface area contributed by atoms with E-state index >= 15 is 0 Å². The number of benzene rings is 3. The molecule has 8 heteroatoms. The molecule has 3 aromatic carbocycles. The summed E-state index contributed by atoms with van der Waals surface area (Å²) in [4.78, 5) is 23.9. The van der Waals surface area contributed by atoms with E-state index in [9.17, 15) is 14.9 Å². The van der Waals surface area contributed by atoms with E-state index in [1.807, 2.05) is 49.4 Å². The molecule has 3 rings (SSSR count). The van der Waals surface area contributed by atoms with Crippen LogP contribution in [-0.4, -0.2) is 31.2 Å². The molecule has 0 aliphatic rings. The number of nitriles is 1. The lowest BCUT2D eigenvalue weighted by molar-refractivity contribution is -0.127. The zero-order valence-corrected chi connectivity index (χ0v) is 18.7. The van der Waals surface area contributed by atoms with Crippen LogP contribution in [0.25, 0.3) is 0 Å². The van der Waals surface area contributed by atoms with Crippen LogP contribution in [0.1, 0.15) is 22.3 Å². The Morgan fingerprint density at radius 2 is 1.79 bits per heavy atom. The van der Waals surface area contributed by atoms with Crippen molar-refractivity contribution in [3.63, 3.8) is 0 Å². The van der Waals surface area contributed by atoms with Crippen LogP contribution in [0.5, 0.6) is 11.5 Å². The summed E-state index contributed by atoms with van der Waals surface area (Å²) in [5, 5.41) is 15.6. The van der Waals surface area contributed by atoms with Crippen molar-refractivity contribution in [2.45, 2.75) is 13.5 Å². The first kappa shape index (κ1) is 24.0. The zero-order chi connectivity index (χ0) is 24.2. The number of carbonyl (C=O) groups is 2. The number of amides is 2. The molecule has 0 bridgehead atoms. The molecule has 0 aromatic heterocycles. The first-order valence-electron chi connectivity index (χ1n) is 10.5. The van der Waals surface area contributed by atoms with Gasteiger partial charge in [0.25, 0.3) is 11.8 Å². The van der Waals surface area contributed by atoms with Crippen molar-refractivity contribution in [1.82, 2.24) is 10.7 Å². The minimum atomic E-state index is -0.485. The Kier molecular flexibility index (Phi) is 8.76. The van der Waals surface area contributed by atoms with Gasteiger partial charge in [0.1, 0.15) is 18.1 Å². The Balaban J connectivity index is 1.45. The number of hydrazone groups is 1. The average Bonchev–Trinajstić information content (AvgIpc) is 2.86. The number of nitrogens with zero attached hydrogens (tertiary/aromatic N) is 2. The number of nitrogens with one attached hydrogen (secondary N) is 2. The molecular formula is C26H24N4O4. The number of carbonyl (C=O) groups excluding carboxylic acids is 2. The molecule has 0 spiro atoms. The highest BCUT2D eigenvalue weighted by molar-refractivity contribution is 5.87. The van der Waals surface area contributed by atoms with Gasteiger partial charge in [-0.15, -0.1) is 0 Å². The highest BCUT2D eigenvalue weighted by atomic mass is 16.5. The van der Waals surface area contributed by atoms with Crippen molar-refractivity contribution in [3.05, 3.63) is 95.1 Å². The van der Waals surface area contributed by atoms with Gasteiger partial charge >= 0.3 is 0 Å². The van der Waals surface area contributed by atoms with Crippen LogP contribution in [0.4, 0.5) is 0 Å². The maximum absolute atomic E-state index is 12.0. The minimum Gasteiger partial charge on any atom is -0.488 e. The van der Waals surface area contributed by atoms with E-state index in [1.54, 1.807) is 30.3 Å². The Morgan fingerprint density at radius 1 is 1.00 bits per heavy atom. The summed E-state index contributed by atoms with van der Waals surface area (Å²) in [6, 6.07) is 23.9. The van der Waals surface area contributed by atoms with Crippen molar-refractivity contribution in [2.24, 2.45) is 5.10 Å². The van der Waals surface area contributed by atoms with Crippen LogP contribution >= 0.6 is 0 Å². The summed E-state index contributed by atoms with van der Waals surface area (Å²) in [5.74, 6) is 0.231. The van der Waals surface area contributed by atoms with Crippen LogP contribution in [0.2, 0.25) is 0 Å². The molecule has 0 aliphatic heterocycles. The summed E-state index contributed by atoms with van der Waals surface area (Å²) in [6.07, 6.45) is 1.45. The van der Waals surface area contributed by atoms with Gasteiger partial charge in [0, 0.05) is 11.1 Å². The van der Waals surface area contributed by atoms with Crippen molar-refractivity contribution < 1.29 is 19.1 Å². The number of rotatable bonds is 10. The number of hydrogen-bond donors (Lipinski definition) is 2. The Morgan fingerprint density at radius 3 is 2.62 bits per heavy atom. The SMILES string of the molecule is Cc1cccc(OCC(=O)NCC(=O)N/N=C/c2ccccc2OCc2ccccc2C#N)c1. The monoisotopic (exact) mass is 456 g/mol. The fourth-order valence-electron chi connectivity index (χ4n) is 2.93. The van der Waals surface area contributed by atoms with Gasteiger partial charge in [0.15, 0.2) is 6.61 Å². The third kappa shape index (κ3) is 7.50. The predicted molar refractivity (Wildman–Crippen MR) is 127 cm³/mol. The number of ether oxygens (including phenoxy) is 2. The summed E-state index contributed by atoms with van der Waals surface area (Å²) < 4.78 is 11.2. The summed E-state index contributed by atoms with van der Waals surface area (Å²) in [6.45, 7) is 1.71. The molecule has 0 fully saturated rings. The maximum Gasteiger partial charge on any atom is 0.259 e. The molecule has 172 valence electrons. The lowest BCUT2D eigenvalue weighted by atomic mass is 10.1. The second-order valence-electron chi connectivity index (χ2n) is 7.27. The van der Waals surface area contributed by atoms with Gasteiger partial charge in [-0.25, -0.2) is 5.43 Å². The second-order valence-corrected chi connectivity index (χ2v) is 7.27. The van der Waals surface area contributed by atoms with Gasteiger partial charge in [0.2, 0.25) is 0 Å². The van der Waals surface area contributed by atoms with E-state index in [1.165, 1.54) is 6.21 Å². The lowest BCUT2D eigenvalue weighted by Gasteiger charge is -2.10. The summed E-state index contributed by atoms with van der Waals surface area (Å²) in [7, 11) is 0. The topological polar surface area (TPSA) is 113 Å².